The van der Waals surface area contributed by atoms with Crippen LogP contribution < -0.4 is 16.4 Å². The Balaban J connectivity index is 2.28. The highest BCUT2D eigenvalue weighted by Gasteiger charge is 2.18. The summed E-state index contributed by atoms with van der Waals surface area (Å²) in [5.74, 6) is 0.476. The third-order valence-electron chi connectivity index (χ3n) is 5.35. The molecule has 1 atom stereocenters. The molecule has 4 N–H and O–H groups in total. The predicted octanol–water partition coefficient (Wildman–Crippen LogP) is 4.40. The van der Waals surface area contributed by atoms with Crippen molar-refractivity contribution < 1.29 is 4.79 Å². The van der Waals surface area contributed by atoms with Crippen molar-refractivity contribution >= 4 is 17.3 Å². The highest BCUT2D eigenvalue weighted by molar-refractivity contribution is 5.97. The fraction of sp³-hybridized carbons (Fsp3) is 0.440. The molecule has 6 nitrogen and oxygen atoms in total. The number of anilines is 1. The third-order valence-corrected chi connectivity index (χ3v) is 5.35. The van der Waals surface area contributed by atoms with Gasteiger partial charge in [0.25, 0.3) is 5.91 Å². The number of amides is 1. The normalized spacial score (nSPS) is 12.6. The molecule has 1 aromatic heterocycles. The van der Waals surface area contributed by atoms with Crippen molar-refractivity contribution in [3.8, 4) is 5.69 Å². The number of allylic oxidation sites excluding steroid dienone is 1. The van der Waals surface area contributed by atoms with E-state index in [9.17, 15) is 4.79 Å². The smallest absolute Gasteiger partial charge is 0.250 e. The minimum Gasteiger partial charge on any atom is -0.383 e. The summed E-state index contributed by atoms with van der Waals surface area (Å²) in [7, 11) is 1.92. The summed E-state index contributed by atoms with van der Waals surface area (Å²) in [5, 5.41) is 11.1. The van der Waals surface area contributed by atoms with E-state index in [-0.39, 0.29) is 11.9 Å². The Morgan fingerprint density at radius 3 is 2.55 bits per heavy atom. The summed E-state index contributed by atoms with van der Waals surface area (Å²) < 4.78 is 1.76. The predicted molar refractivity (Wildman–Crippen MR) is 130 cm³/mol. The first-order chi connectivity index (χ1) is 14.9. The van der Waals surface area contributed by atoms with Gasteiger partial charge in [-0.15, -0.1) is 0 Å². The van der Waals surface area contributed by atoms with Gasteiger partial charge in [0.2, 0.25) is 0 Å². The zero-order valence-corrected chi connectivity index (χ0v) is 19.4. The number of nitrogens with zero attached hydrogens (tertiary/aromatic N) is 2. The number of carbonyl (C=O) groups excluding carboxylic acids is 1. The lowest BCUT2D eigenvalue weighted by Gasteiger charge is -2.18. The van der Waals surface area contributed by atoms with Crippen molar-refractivity contribution in [3.63, 3.8) is 0 Å². The molecule has 6 heteroatoms. The largest absolute Gasteiger partial charge is 0.383 e. The van der Waals surface area contributed by atoms with Gasteiger partial charge < -0.3 is 16.4 Å². The SMILES string of the molecule is C=C(/C=C(\CCC)c1nn(-c2ccccc2)c(N)c1C)C(=O)NC(CCC)CCNC. The van der Waals surface area contributed by atoms with E-state index in [1.165, 1.54) is 0 Å². The van der Waals surface area contributed by atoms with Gasteiger partial charge in [-0.25, -0.2) is 4.68 Å². The summed E-state index contributed by atoms with van der Waals surface area (Å²) in [5.41, 5.74) is 10.4. The Bertz CT molecular complexity index is 898. The third kappa shape index (κ3) is 6.56. The van der Waals surface area contributed by atoms with Crippen molar-refractivity contribution in [1.29, 1.82) is 0 Å². The minimum atomic E-state index is -0.128. The molecule has 1 heterocycles. The van der Waals surface area contributed by atoms with Gasteiger partial charge in [-0.2, -0.15) is 5.10 Å². The van der Waals surface area contributed by atoms with E-state index in [1.807, 2.05) is 50.4 Å². The number of aromatic nitrogens is 2. The van der Waals surface area contributed by atoms with E-state index in [1.54, 1.807) is 4.68 Å². The molecule has 0 spiro atoms. The maximum absolute atomic E-state index is 12.8. The van der Waals surface area contributed by atoms with Crippen LogP contribution in [0.3, 0.4) is 0 Å². The van der Waals surface area contributed by atoms with Crippen LogP contribution in [0.4, 0.5) is 5.82 Å². The molecule has 1 unspecified atom stereocenters. The first-order valence-electron chi connectivity index (χ1n) is 11.2. The zero-order valence-electron chi connectivity index (χ0n) is 19.4. The molecule has 1 amide bonds. The second kappa shape index (κ2) is 12.1. The maximum Gasteiger partial charge on any atom is 0.250 e. The van der Waals surface area contributed by atoms with Crippen LogP contribution in [0.15, 0.2) is 48.6 Å². The lowest BCUT2D eigenvalue weighted by molar-refractivity contribution is -0.117. The van der Waals surface area contributed by atoms with Crippen LogP contribution in [0.1, 0.15) is 57.2 Å². The van der Waals surface area contributed by atoms with Gasteiger partial charge in [0.1, 0.15) is 5.82 Å². The van der Waals surface area contributed by atoms with Crippen molar-refractivity contribution in [2.75, 3.05) is 19.3 Å². The molecule has 0 aliphatic heterocycles. The Kier molecular flexibility index (Phi) is 9.53. The molecule has 0 bridgehead atoms. The van der Waals surface area contributed by atoms with Gasteiger partial charge in [0.05, 0.1) is 11.4 Å². The fourth-order valence-electron chi connectivity index (χ4n) is 3.62. The second-order valence-electron chi connectivity index (χ2n) is 7.90. The highest BCUT2D eigenvalue weighted by Crippen LogP contribution is 2.29. The molecule has 31 heavy (non-hydrogen) atoms. The summed E-state index contributed by atoms with van der Waals surface area (Å²) in [6, 6.07) is 9.97. The van der Waals surface area contributed by atoms with Gasteiger partial charge in [-0.3, -0.25) is 4.79 Å². The standard InChI is InChI=1S/C25H37N5O/c1-6-11-20(17-18(3)25(31)28-21(12-7-2)15-16-27-5)23-19(4)24(26)30(29-23)22-13-9-8-10-14-22/h8-10,13-14,17,21,27H,3,6-7,11-12,15-16,26H2,1-2,4-5H3,(H,28,31)/b20-17+. The van der Waals surface area contributed by atoms with E-state index in [4.69, 9.17) is 10.8 Å². The number of nitrogens with one attached hydrogen (secondary N) is 2. The summed E-state index contributed by atoms with van der Waals surface area (Å²) in [6.07, 6.45) is 6.45. The number of para-hydroxylation sites is 1. The molecule has 1 aromatic carbocycles. The second-order valence-corrected chi connectivity index (χ2v) is 7.90. The highest BCUT2D eigenvalue weighted by atomic mass is 16.1. The van der Waals surface area contributed by atoms with E-state index < -0.39 is 0 Å². The van der Waals surface area contributed by atoms with Gasteiger partial charge in [-0.1, -0.05) is 51.5 Å². The number of nitrogens with two attached hydrogens (primary N) is 1. The first kappa shape index (κ1) is 24.4. The van der Waals surface area contributed by atoms with Crippen LogP contribution in [0.5, 0.6) is 0 Å². The van der Waals surface area contributed by atoms with Crippen LogP contribution in [-0.2, 0) is 4.79 Å². The van der Waals surface area contributed by atoms with E-state index in [0.29, 0.717) is 11.4 Å². The van der Waals surface area contributed by atoms with E-state index in [0.717, 1.165) is 61.2 Å². The Hall–Kier alpha value is -2.86. The van der Waals surface area contributed by atoms with Crippen molar-refractivity contribution in [3.05, 3.63) is 59.8 Å². The molecular formula is C25H37N5O. The lowest BCUT2D eigenvalue weighted by atomic mass is 10.0. The van der Waals surface area contributed by atoms with E-state index >= 15 is 0 Å². The lowest BCUT2D eigenvalue weighted by Crippen LogP contribution is -2.37. The van der Waals surface area contributed by atoms with Gasteiger partial charge in [0, 0.05) is 17.2 Å². The topological polar surface area (TPSA) is 85.0 Å². The molecule has 0 aliphatic rings. The van der Waals surface area contributed by atoms with Crippen molar-refractivity contribution in [2.24, 2.45) is 0 Å². The molecule has 168 valence electrons. The van der Waals surface area contributed by atoms with Crippen LogP contribution in [0.2, 0.25) is 0 Å². The summed E-state index contributed by atoms with van der Waals surface area (Å²) in [4.78, 5) is 12.8. The molecular weight excluding hydrogens is 386 g/mol. The summed E-state index contributed by atoms with van der Waals surface area (Å²) >= 11 is 0. The number of hydrogen-bond donors (Lipinski definition) is 3. The zero-order chi connectivity index (χ0) is 22.8. The molecule has 0 saturated carbocycles. The maximum atomic E-state index is 12.8. The Labute approximate surface area is 186 Å². The van der Waals surface area contributed by atoms with Crippen LogP contribution in [0, 0.1) is 6.92 Å². The van der Waals surface area contributed by atoms with Crippen molar-refractivity contribution in [1.82, 2.24) is 20.4 Å². The Morgan fingerprint density at radius 1 is 1.23 bits per heavy atom. The minimum absolute atomic E-state index is 0.128. The van der Waals surface area contributed by atoms with Crippen LogP contribution in [0.25, 0.3) is 11.3 Å². The molecule has 2 aromatic rings. The number of nitrogen functional groups attached to an aromatic ring is 1. The van der Waals surface area contributed by atoms with Crippen LogP contribution in [-0.4, -0.2) is 35.3 Å². The van der Waals surface area contributed by atoms with E-state index in [2.05, 4.69) is 31.1 Å². The average molecular weight is 424 g/mol. The number of benzene rings is 1. The molecule has 0 saturated heterocycles. The van der Waals surface area contributed by atoms with Crippen LogP contribution >= 0.6 is 0 Å². The fourth-order valence-corrected chi connectivity index (χ4v) is 3.62. The van der Waals surface area contributed by atoms with Gasteiger partial charge >= 0.3 is 0 Å². The average Bonchev–Trinajstić information content (AvgIpc) is 3.07. The number of rotatable bonds is 12. The van der Waals surface area contributed by atoms with Gasteiger partial charge in [-0.05, 0) is 63.6 Å². The molecule has 0 radical (unpaired) electrons. The quantitative estimate of drug-likeness (QED) is 0.349. The monoisotopic (exact) mass is 423 g/mol. The molecule has 0 fully saturated rings. The van der Waals surface area contributed by atoms with Gasteiger partial charge in [0.15, 0.2) is 0 Å². The molecule has 0 aliphatic carbocycles. The number of hydrogen-bond acceptors (Lipinski definition) is 4. The van der Waals surface area contributed by atoms with Crippen molar-refractivity contribution in [2.45, 2.75) is 58.9 Å². The molecule has 2 rings (SSSR count). The first-order valence-corrected chi connectivity index (χ1v) is 11.2. The Morgan fingerprint density at radius 2 is 1.94 bits per heavy atom. The number of carbonyl (C=O) groups is 1. The summed E-state index contributed by atoms with van der Waals surface area (Å²) in [6.45, 7) is 11.1.